The Morgan fingerprint density at radius 3 is 2.00 bits per heavy atom. The van der Waals surface area contributed by atoms with Gasteiger partial charge in [0.25, 0.3) is 0 Å². The summed E-state index contributed by atoms with van der Waals surface area (Å²) in [7, 11) is -6.00. The molecule has 2 aromatic carbocycles. The van der Waals surface area contributed by atoms with E-state index in [0.29, 0.717) is 0 Å². The number of hydrogen-bond acceptors (Lipinski definition) is 0. The molecule has 0 aliphatic carbocycles. The first-order chi connectivity index (χ1) is 10.8. The molecule has 0 amide bonds. The first-order valence-electron chi connectivity index (χ1n) is 6.96. The maximum Gasteiger partial charge on any atom is 0.673 e. The highest BCUT2D eigenvalue weighted by Gasteiger charge is 2.20. The van der Waals surface area contributed by atoms with Gasteiger partial charge in [0.2, 0.25) is 0 Å². The van der Waals surface area contributed by atoms with Crippen molar-refractivity contribution in [3.63, 3.8) is 0 Å². The summed E-state index contributed by atoms with van der Waals surface area (Å²) >= 11 is 0. The first-order valence-corrected chi connectivity index (χ1v) is 6.96. The Labute approximate surface area is 133 Å². The fourth-order valence-electron chi connectivity index (χ4n) is 1.86. The van der Waals surface area contributed by atoms with Crippen molar-refractivity contribution in [1.82, 2.24) is 0 Å². The summed E-state index contributed by atoms with van der Waals surface area (Å²) in [4.78, 5) is 0. The van der Waals surface area contributed by atoms with Crippen molar-refractivity contribution >= 4 is 24.6 Å². The van der Waals surface area contributed by atoms with Crippen LogP contribution in [0, 0.1) is 0 Å². The molecule has 0 spiro atoms. The maximum absolute atomic E-state index is 9.75. The highest BCUT2D eigenvalue weighted by Crippen LogP contribution is 2.19. The number of rotatable bonds is 3. The van der Waals surface area contributed by atoms with E-state index < -0.39 is 7.25 Å². The van der Waals surface area contributed by atoms with Gasteiger partial charge in [0.1, 0.15) is 5.69 Å². The molecular formula is C17H18BF4N. The lowest BCUT2D eigenvalue weighted by atomic mass is 10.0. The van der Waals surface area contributed by atoms with Gasteiger partial charge in [-0.15, -0.1) is 0 Å². The van der Waals surface area contributed by atoms with E-state index in [4.69, 9.17) is 0 Å². The van der Waals surface area contributed by atoms with Crippen LogP contribution in [0.1, 0.15) is 18.1 Å². The van der Waals surface area contributed by atoms with Crippen LogP contribution in [0.5, 0.6) is 0 Å². The van der Waals surface area contributed by atoms with Gasteiger partial charge < -0.3 is 23.0 Å². The summed E-state index contributed by atoms with van der Waals surface area (Å²) in [5, 5.41) is 0. The van der Waals surface area contributed by atoms with E-state index in [9.17, 15) is 17.3 Å². The molecule has 0 aromatic heterocycles. The van der Waals surface area contributed by atoms with Crippen molar-refractivity contribution in [2.75, 3.05) is 0 Å². The zero-order chi connectivity index (χ0) is 17.3. The largest absolute Gasteiger partial charge is 0.673 e. The number of hydrogen-bond donors (Lipinski definition) is 1. The van der Waals surface area contributed by atoms with Gasteiger partial charge in [-0.05, 0) is 30.2 Å². The fourth-order valence-corrected chi connectivity index (χ4v) is 1.86. The third-order valence-corrected chi connectivity index (χ3v) is 2.88. The van der Waals surface area contributed by atoms with Gasteiger partial charge in [0.15, 0.2) is 0 Å². The van der Waals surface area contributed by atoms with E-state index in [0.717, 1.165) is 5.69 Å². The molecule has 122 valence electrons. The monoisotopic (exact) mass is 323 g/mol. The predicted octanol–water partition coefficient (Wildman–Crippen LogP) is 4.98. The molecule has 0 aliphatic heterocycles. The molecule has 0 unspecified atom stereocenters. The summed E-state index contributed by atoms with van der Waals surface area (Å²) < 4.78 is 39.0. The van der Waals surface area contributed by atoms with Crippen LogP contribution in [0.3, 0.4) is 0 Å². The van der Waals surface area contributed by atoms with Gasteiger partial charge in [-0.25, -0.2) is 0 Å². The number of benzene rings is 2. The minimum absolute atomic E-state index is 1.07. The summed E-state index contributed by atoms with van der Waals surface area (Å²) in [5.74, 6) is 0. The number of allylic oxidation sites excluding steroid dienone is 3. The fraction of sp³-hybridized carbons (Fsp3) is 0.0588. The molecule has 0 heterocycles. The second-order valence-electron chi connectivity index (χ2n) is 4.77. The zero-order valence-electron chi connectivity index (χ0n) is 12.7. The highest BCUT2D eigenvalue weighted by atomic mass is 19.5. The summed E-state index contributed by atoms with van der Waals surface area (Å²) in [6.07, 6.45) is 6.31. The average molecular weight is 323 g/mol. The van der Waals surface area contributed by atoms with Gasteiger partial charge in [-0.2, -0.15) is 0 Å². The highest BCUT2D eigenvalue weighted by molar-refractivity contribution is 6.50. The number of quaternary nitrogens is 1. The van der Waals surface area contributed by atoms with Crippen LogP contribution in [0.2, 0.25) is 0 Å². The van der Waals surface area contributed by atoms with E-state index in [-0.39, 0.29) is 0 Å². The van der Waals surface area contributed by atoms with Crippen molar-refractivity contribution in [2.45, 2.75) is 6.92 Å². The standard InChI is InChI=1S/C17H17N.BF4/c1-14(16-12-5-6-13-17(16)18)8-7-11-15-9-3-2-4-10-15;2-1(3,4)5/h2-13H,18H2,1H3;/q;-1/p+1/b11-7+,14-8-;. The normalized spacial score (nSPS) is 12.0. The Bertz CT molecular complexity index is 658. The Hall–Kier alpha value is -2.34. The first kappa shape index (κ1) is 18.7. The summed E-state index contributed by atoms with van der Waals surface area (Å²) in [5.41, 5.74) is 8.76. The van der Waals surface area contributed by atoms with Gasteiger partial charge >= 0.3 is 7.25 Å². The Kier molecular flexibility index (Phi) is 7.28. The molecule has 0 radical (unpaired) electrons. The van der Waals surface area contributed by atoms with Crippen LogP contribution in [-0.2, 0) is 0 Å². The van der Waals surface area contributed by atoms with E-state index >= 15 is 0 Å². The SMILES string of the molecule is C/C(=C/C=C/c1ccccc1)c1ccccc1[NH3+].F[B-](F)(F)F. The Morgan fingerprint density at radius 1 is 0.913 bits per heavy atom. The van der Waals surface area contributed by atoms with Crippen LogP contribution in [-0.4, -0.2) is 7.25 Å². The minimum Gasteiger partial charge on any atom is -0.418 e. The number of halogens is 4. The van der Waals surface area contributed by atoms with E-state index in [1.54, 1.807) is 0 Å². The average Bonchev–Trinajstić information content (AvgIpc) is 2.47. The Balaban J connectivity index is 0.000000463. The molecule has 6 heteroatoms. The zero-order valence-corrected chi connectivity index (χ0v) is 12.7. The molecule has 3 N–H and O–H groups in total. The molecule has 0 aliphatic rings. The minimum atomic E-state index is -6.00. The molecule has 1 nitrogen and oxygen atoms in total. The Morgan fingerprint density at radius 2 is 1.43 bits per heavy atom. The lowest BCUT2D eigenvalue weighted by Crippen LogP contribution is -2.41. The van der Waals surface area contributed by atoms with Crippen molar-refractivity contribution < 1.29 is 23.0 Å². The predicted molar refractivity (Wildman–Crippen MR) is 88.3 cm³/mol. The van der Waals surface area contributed by atoms with Crippen LogP contribution in [0.25, 0.3) is 11.6 Å². The van der Waals surface area contributed by atoms with Crippen molar-refractivity contribution in [3.8, 4) is 0 Å². The lowest BCUT2D eigenvalue weighted by Gasteiger charge is -2.01. The van der Waals surface area contributed by atoms with Crippen molar-refractivity contribution in [2.24, 2.45) is 0 Å². The molecule has 23 heavy (non-hydrogen) atoms. The third kappa shape index (κ3) is 8.63. The topological polar surface area (TPSA) is 27.6 Å². The smallest absolute Gasteiger partial charge is 0.418 e. The van der Waals surface area contributed by atoms with Gasteiger partial charge in [0, 0.05) is 5.56 Å². The molecule has 2 rings (SSSR count). The summed E-state index contributed by atoms with van der Waals surface area (Å²) in [6, 6.07) is 18.5. The molecule has 0 bridgehead atoms. The van der Waals surface area contributed by atoms with E-state index in [1.165, 1.54) is 16.7 Å². The van der Waals surface area contributed by atoms with E-state index in [1.807, 2.05) is 36.4 Å². The second kappa shape index (κ2) is 8.95. The molecule has 0 atom stereocenters. The molecule has 0 saturated carbocycles. The van der Waals surface area contributed by atoms with Crippen molar-refractivity contribution in [3.05, 3.63) is 77.9 Å². The van der Waals surface area contributed by atoms with Gasteiger partial charge in [-0.1, -0.05) is 60.7 Å². The van der Waals surface area contributed by atoms with Gasteiger partial charge in [-0.3, -0.25) is 0 Å². The molecule has 0 saturated heterocycles. The summed E-state index contributed by atoms with van der Waals surface area (Å²) in [6.45, 7) is 2.11. The molecular weight excluding hydrogens is 305 g/mol. The van der Waals surface area contributed by atoms with Gasteiger partial charge in [0.05, 0.1) is 0 Å². The van der Waals surface area contributed by atoms with E-state index in [2.05, 4.69) is 49.1 Å². The second-order valence-corrected chi connectivity index (χ2v) is 4.77. The van der Waals surface area contributed by atoms with Crippen LogP contribution in [0.4, 0.5) is 23.0 Å². The maximum atomic E-state index is 9.75. The van der Waals surface area contributed by atoms with Crippen molar-refractivity contribution in [1.29, 1.82) is 0 Å². The van der Waals surface area contributed by atoms with Crippen LogP contribution < -0.4 is 5.73 Å². The van der Waals surface area contributed by atoms with Crippen LogP contribution >= 0.6 is 0 Å². The molecule has 2 aromatic rings. The lowest BCUT2D eigenvalue weighted by molar-refractivity contribution is -0.255. The van der Waals surface area contributed by atoms with Crippen LogP contribution in [0.15, 0.2) is 66.7 Å². The quantitative estimate of drug-likeness (QED) is 0.469. The third-order valence-electron chi connectivity index (χ3n) is 2.88. The molecule has 0 fully saturated rings.